The number of ether oxygens (including phenoxy) is 1. The number of hydrogen-bond donors (Lipinski definition) is 0. The fourth-order valence-electron chi connectivity index (χ4n) is 1.33. The average molecular weight is 270 g/mol. The number of halogens is 1. The van der Waals surface area contributed by atoms with Gasteiger partial charge in [0.2, 0.25) is 5.89 Å². The summed E-state index contributed by atoms with van der Waals surface area (Å²) in [5.41, 5.74) is 1.55. The number of fused-ring (bicyclic) bond motifs is 1. The zero-order chi connectivity index (χ0) is 10.8. The van der Waals surface area contributed by atoms with Crippen LogP contribution >= 0.6 is 15.9 Å². The minimum Gasteiger partial charge on any atom is -0.465 e. The van der Waals surface area contributed by atoms with Crippen molar-refractivity contribution in [3.8, 4) is 0 Å². The van der Waals surface area contributed by atoms with Gasteiger partial charge in [0.1, 0.15) is 5.52 Å². The molecule has 4 nitrogen and oxygen atoms in total. The van der Waals surface area contributed by atoms with E-state index >= 15 is 0 Å². The van der Waals surface area contributed by atoms with E-state index in [1.807, 2.05) is 0 Å². The van der Waals surface area contributed by atoms with Crippen molar-refractivity contribution in [2.75, 3.05) is 7.11 Å². The second kappa shape index (κ2) is 4.02. The molecule has 0 amide bonds. The van der Waals surface area contributed by atoms with Crippen LogP contribution in [0.1, 0.15) is 16.2 Å². The number of carbonyl (C=O) groups is 1. The molecule has 1 aromatic heterocycles. The van der Waals surface area contributed by atoms with Crippen molar-refractivity contribution in [2.45, 2.75) is 5.33 Å². The molecule has 0 aliphatic heterocycles. The lowest BCUT2D eigenvalue weighted by Crippen LogP contribution is -2.01. The highest BCUT2D eigenvalue weighted by Gasteiger charge is 2.14. The summed E-state index contributed by atoms with van der Waals surface area (Å²) in [5, 5.41) is 0.516. The molecule has 0 aliphatic rings. The van der Waals surface area contributed by atoms with Crippen LogP contribution in [0.25, 0.3) is 11.1 Å². The predicted molar refractivity (Wildman–Crippen MR) is 58.0 cm³/mol. The Bertz CT molecular complexity index is 506. The van der Waals surface area contributed by atoms with Gasteiger partial charge in [-0.25, -0.2) is 9.78 Å². The number of para-hydroxylation sites is 1. The van der Waals surface area contributed by atoms with Crippen molar-refractivity contribution in [1.29, 1.82) is 0 Å². The zero-order valence-electron chi connectivity index (χ0n) is 7.99. The lowest BCUT2D eigenvalue weighted by Gasteiger charge is -1.97. The number of benzene rings is 1. The molecule has 5 heteroatoms. The van der Waals surface area contributed by atoms with Gasteiger partial charge in [0.05, 0.1) is 18.0 Å². The highest BCUT2D eigenvalue weighted by molar-refractivity contribution is 9.08. The molecule has 2 rings (SSSR count). The first-order valence-corrected chi connectivity index (χ1v) is 5.41. The van der Waals surface area contributed by atoms with E-state index in [1.54, 1.807) is 18.2 Å². The Morgan fingerprint density at radius 2 is 2.40 bits per heavy atom. The van der Waals surface area contributed by atoms with Crippen LogP contribution in [0.2, 0.25) is 0 Å². The molecule has 0 aliphatic carbocycles. The summed E-state index contributed by atoms with van der Waals surface area (Å²) >= 11 is 3.24. The number of hydrogen-bond acceptors (Lipinski definition) is 4. The number of aromatic nitrogens is 1. The van der Waals surface area contributed by atoms with Gasteiger partial charge in [0.25, 0.3) is 0 Å². The molecule has 0 N–H and O–H groups in total. The number of rotatable bonds is 2. The van der Waals surface area contributed by atoms with Gasteiger partial charge in [-0.2, -0.15) is 0 Å². The summed E-state index contributed by atoms with van der Waals surface area (Å²) in [6.45, 7) is 0. The van der Waals surface area contributed by atoms with Crippen molar-refractivity contribution in [1.82, 2.24) is 4.98 Å². The maximum absolute atomic E-state index is 11.4. The van der Waals surface area contributed by atoms with Crippen LogP contribution in [0.15, 0.2) is 22.6 Å². The van der Waals surface area contributed by atoms with Crippen molar-refractivity contribution in [3.05, 3.63) is 29.7 Å². The van der Waals surface area contributed by atoms with Crippen molar-refractivity contribution in [2.24, 2.45) is 0 Å². The smallest absolute Gasteiger partial charge is 0.340 e. The van der Waals surface area contributed by atoms with Crippen LogP contribution in [-0.4, -0.2) is 18.1 Å². The van der Waals surface area contributed by atoms with E-state index in [2.05, 4.69) is 25.7 Å². The first-order chi connectivity index (χ1) is 7.26. The van der Waals surface area contributed by atoms with E-state index in [0.29, 0.717) is 27.9 Å². The lowest BCUT2D eigenvalue weighted by atomic mass is 10.2. The average Bonchev–Trinajstić information content (AvgIpc) is 2.70. The van der Waals surface area contributed by atoms with Gasteiger partial charge in [-0.15, -0.1) is 0 Å². The van der Waals surface area contributed by atoms with E-state index in [4.69, 9.17) is 4.42 Å². The number of esters is 1. The van der Waals surface area contributed by atoms with Crippen LogP contribution < -0.4 is 0 Å². The van der Waals surface area contributed by atoms with E-state index in [9.17, 15) is 4.79 Å². The summed E-state index contributed by atoms with van der Waals surface area (Å²) in [6, 6.07) is 5.16. The first kappa shape index (κ1) is 10.2. The van der Waals surface area contributed by atoms with Crippen LogP contribution in [0.4, 0.5) is 0 Å². The van der Waals surface area contributed by atoms with E-state index < -0.39 is 5.97 Å². The van der Waals surface area contributed by atoms with Gasteiger partial charge >= 0.3 is 5.97 Å². The van der Waals surface area contributed by atoms with Gasteiger partial charge in [0, 0.05) is 0 Å². The van der Waals surface area contributed by atoms with Gasteiger partial charge in [0.15, 0.2) is 5.58 Å². The molecule has 0 saturated heterocycles. The third-order valence-corrected chi connectivity index (χ3v) is 2.46. The van der Waals surface area contributed by atoms with Crippen LogP contribution in [0.5, 0.6) is 0 Å². The number of carbonyl (C=O) groups excluding carboxylic acids is 1. The fraction of sp³-hybridized carbons (Fsp3) is 0.200. The molecule has 0 saturated carbocycles. The summed E-state index contributed by atoms with van der Waals surface area (Å²) in [4.78, 5) is 15.6. The van der Waals surface area contributed by atoms with Gasteiger partial charge < -0.3 is 9.15 Å². The normalized spacial score (nSPS) is 10.5. The molecule has 0 spiro atoms. The Morgan fingerprint density at radius 3 is 3.07 bits per heavy atom. The molecule has 2 aromatic rings. The third-order valence-electron chi connectivity index (χ3n) is 1.98. The van der Waals surface area contributed by atoms with E-state index in [-0.39, 0.29) is 0 Å². The molecule has 0 atom stereocenters. The molecule has 15 heavy (non-hydrogen) atoms. The van der Waals surface area contributed by atoms with E-state index in [1.165, 1.54) is 7.11 Å². The monoisotopic (exact) mass is 269 g/mol. The Morgan fingerprint density at radius 1 is 1.60 bits per heavy atom. The Labute approximate surface area is 94.4 Å². The van der Waals surface area contributed by atoms with Crippen LogP contribution in [0.3, 0.4) is 0 Å². The molecule has 78 valence electrons. The highest BCUT2D eigenvalue weighted by Crippen LogP contribution is 2.21. The van der Waals surface area contributed by atoms with Crippen molar-refractivity contribution < 1.29 is 13.9 Å². The third kappa shape index (κ3) is 1.74. The highest BCUT2D eigenvalue weighted by atomic mass is 79.9. The molecule has 1 aromatic carbocycles. The van der Waals surface area contributed by atoms with E-state index in [0.717, 1.165) is 0 Å². The molecule has 0 fully saturated rings. The molecule has 0 unspecified atom stereocenters. The summed E-state index contributed by atoms with van der Waals surface area (Å²) in [7, 11) is 1.34. The summed E-state index contributed by atoms with van der Waals surface area (Å²) in [5.74, 6) is 0.136. The van der Waals surface area contributed by atoms with Crippen molar-refractivity contribution in [3.63, 3.8) is 0 Å². The lowest BCUT2D eigenvalue weighted by molar-refractivity contribution is 0.0603. The maximum Gasteiger partial charge on any atom is 0.340 e. The van der Waals surface area contributed by atoms with Gasteiger partial charge in [-0.3, -0.25) is 0 Å². The summed E-state index contributed by atoms with van der Waals surface area (Å²) < 4.78 is 10.0. The molecule has 1 heterocycles. The number of alkyl halides is 1. The summed E-state index contributed by atoms with van der Waals surface area (Å²) in [6.07, 6.45) is 0. The van der Waals surface area contributed by atoms with Crippen LogP contribution in [0, 0.1) is 0 Å². The minimum absolute atomic E-state index is 0.407. The SMILES string of the molecule is COC(=O)c1cccc2oc(CBr)nc12. The Hall–Kier alpha value is -1.36. The largest absolute Gasteiger partial charge is 0.465 e. The maximum atomic E-state index is 11.4. The number of nitrogens with zero attached hydrogens (tertiary/aromatic N) is 1. The fourth-order valence-corrected chi connectivity index (χ4v) is 1.57. The van der Waals surface area contributed by atoms with Gasteiger partial charge in [-0.05, 0) is 12.1 Å². The molecule has 0 radical (unpaired) electrons. The predicted octanol–water partition coefficient (Wildman–Crippen LogP) is 2.51. The first-order valence-electron chi connectivity index (χ1n) is 4.29. The molecular formula is C10H8BrNO3. The Kier molecular flexibility index (Phi) is 2.73. The zero-order valence-corrected chi connectivity index (χ0v) is 9.58. The second-order valence-electron chi connectivity index (χ2n) is 2.89. The van der Waals surface area contributed by atoms with Crippen LogP contribution in [-0.2, 0) is 10.1 Å². The van der Waals surface area contributed by atoms with Crippen molar-refractivity contribution >= 4 is 33.0 Å². The quantitative estimate of drug-likeness (QED) is 0.621. The Balaban J connectivity index is 2.64. The standard InChI is InChI=1S/C10H8BrNO3/c1-14-10(13)6-3-2-4-7-9(6)12-8(5-11)15-7/h2-4H,5H2,1H3. The molecular weight excluding hydrogens is 262 g/mol. The number of oxazole rings is 1. The minimum atomic E-state index is -0.407. The topological polar surface area (TPSA) is 52.3 Å². The second-order valence-corrected chi connectivity index (χ2v) is 3.45. The van der Waals surface area contributed by atoms with Gasteiger partial charge in [-0.1, -0.05) is 22.0 Å². The molecule has 0 bridgehead atoms. The number of methoxy groups -OCH3 is 1.